The van der Waals surface area contributed by atoms with Crippen LogP contribution in [0.3, 0.4) is 0 Å². The highest BCUT2D eigenvalue weighted by Crippen LogP contribution is 2.24. The molecule has 7 nitrogen and oxygen atoms in total. The second kappa shape index (κ2) is 7.12. The van der Waals surface area contributed by atoms with Gasteiger partial charge >= 0.3 is 6.08 Å². The van der Waals surface area contributed by atoms with E-state index in [2.05, 4.69) is 20.3 Å². The monoisotopic (exact) mass is 325 g/mol. The van der Waals surface area contributed by atoms with E-state index in [0.29, 0.717) is 18.8 Å². The fraction of sp³-hybridized carbons (Fsp3) is 0.308. The summed E-state index contributed by atoms with van der Waals surface area (Å²) in [5.41, 5.74) is 0.562. The maximum Gasteiger partial charge on any atom is 0.315 e. The average Bonchev–Trinajstić information content (AvgIpc) is 2.48. The number of thiol groups is 1. The number of rotatable bonds is 6. The van der Waals surface area contributed by atoms with Gasteiger partial charge in [0.15, 0.2) is 10.7 Å². The Balaban J connectivity index is 2.45. The van der Waals surface area contributed by atoms with Crippen molar-refractivity contribution in [1.29, 1.82) is 0 Å². The fourth-order valence-corrected chi connectivity index (χ4v) is 2.36. The topological polar surface area (TPSA) is 88.1 Å². The van der Waals surface area contributed by atoms with Crippen LogP contribution < -0.4 is 10.2 Å². The van der Waals surface area contributed by atoms with Crippen molar-refractivity contribution < 1.29 is 12.8 Å². The molecule has 0 aliphatic rings. The smallest absolute Gasteiger partial charge is 0.315 e. The second-order valence-electron chi connectivity index (χ2n) is 4.28. The third-order valence-corrected chi connectivity index (χ3v) is 3.54. The molecule has 0 radical (unpaired) electrons. The predicted molar refractivity (Wildman–Crippen MR) is 81.7 cm³/mol. The Morgan fingerprint density at radius 2 is 2.00 bits per heavy atom. The van der Waals surface area contributed by atoms with E-state index in [0.717, 1.165) is 0 Å². The van der Waals surface area contributed by atoms with Gasteiger partial charge in [-0.1, -0.05) is 6.07 Å². The molecule has 0 fully saturated rings. The molecule has 0 saturated heterocycles. The summed E-state index contributed by atoms with van der Waals surface area (Å²) in [7, 11) is -2.69. The van der Waals surface area contributed by atoms with Crippen LogP contribution in [0.1, 0.15) is 13.8 Å². The minimum absolute atomic E-state index is 0.115. The number of nitrogens with zero attached hydrogens (tertiary/aromatic N) is 4. The second-order valence-corrected chi connectivity index (χ2v) is 5.31. The molecule has 0 saturated carbocycles. The molecule has 118 valence electrons. The van der Waals surface area contributed by atoms with Crippen LogP contribution in [-0.4, -0.2) is 36.5 Å². The minimum Gasteiger partial charge on any atom is -0.354 e. The zero-order valence-electron chi connectivity index (χ0n) is 12.2. The molecular formula is C13H16FN5O2S. The number of hydrogen-bond donors (Lipinski definition) is 2. The van der Waals surface area contributed by atoms with Gasteiger partial charge in [-0.05, 0) is 32.0 Å². The van der Waals surface area contributed by atoms with Crippen LogP contribution in [0.25, 0.3) is 0 Å². The maximum absolute atomic E-state index is 13.5. The summed E-state index contributed by atoms with van der Waals surface area (Å²) in [6.45, 7) is 4.65. The van der Waals surface area contributed by atoms with E-state index in [1.54, 1.807) is 17.0 Å². The Morgan fingerprint density at radius 1 is 1.23 bits per heavy atom. The summed E-state index contributed by atoms with van der Waals surface area (Å²) in [6.07, 6.45) is -0.898. The highest BCUT2D eigenvalue weighted by Gasteiger charge is 2.14. The molecule has 22 heavy (non-hydrogen) atoms. The first kappa shape index (κ1) is 16.1. The van der Waals surface area contributed by atoms with Crippen LogP contribution in [0.2, 0.25) is 0 Å². The molecule has 0 aliphatic heterocycles. The lowest BCUT2D eigenvalue weighted by molar-refractivity contribution is 0.534. The number of halogens is 1. The van der Waals surface area contributed by atoms with E-state index in [4.69, 9.17) is 0 Å². The van der Waals surface area contributed by atoms with E-state index in [1.807, 2.05) is 13.8 Å². The van der Waals surface area contributed by atoms with Crippen LogP contribution >= 0.6 is 0 Å². The number of aromatic nitrogens is 3. The molecule has 0 aliphatic carbocycles. The first-order chi connectivity index (χ1) is 10.5. The van der Waals surface area contributed by atoms with Crippen molar-refractivity contribution in [3.63, 3.8) is 0 Å². The van der Waals surface area contributed by atoms with Crippen molar-refractivity contribution in [2.45, 2.75) is 18.7 Å². The van der Waals surface area contributed by atoms with Crippen molar-refractivity contribution in [3.8, 4) is 0 Å². The van der Waals surface area contributed by atoms with Crippen molar-refractivity contribution in [2.24, 2.45) is 0 Å². The Hall–Kier alpha value is -2.29. The molecule has 9 heteroatoms. The lowest BCUT2D eigenvalue weighted by atomic mass is 10.3. The van der Waals surface area contributed by atoms with E-state index in [1.165, 1.54) is 12.1 Å². The molecule has 2 aromatic rings. The molecule has 0 bridgehead atoms. The molecule has 1 aromatic carbocycles. The SMILES string of the molecule is CCNc1nc(F)nc(N(CC)c2cccc([SH](=O)=O)c2)n1. The van der Waals surface area contributed by atoms with E-state index in [9.17, 15) is 12.8 Å². The number of anilines is 3. The standard InChI is InChI=1S/C13H16FN5O2S/c1-3-15-12-16-11(14)17-13(18-12)19(4-2)9-6-5-7-10(8-9)22(20)21/h5-8,22H,3-4H2,1-2H3,(H,15,16,17,18). The molecule has 1 N–H and O–H groups in total. The summed E-state index contributed by atoms with van der Waals surface area (Å²) in [6, 6.07) is 6.30. The molecular weight excluding hydrogens is 309 g/mol. The van der Waals surface area contributed by atoms with Gasteiger partial charge in [0.25, 0.3) is 0 Å². The van der Waals surface area contributed by atoms with Gasteiger partial charge in [0.05, 0.1) is 4.90 Å². The van der Waals surface area contributed by atoms with Crippen LogP contribution in [0, 0.1) is 6.08 Å². The largest absolute Gasteiger partial charge is 0.354 e. The van der Waals surface area contributed by atoms with Gasteiger partial charge in [-0.15, -0.1) is 0 Å². The zero-order chi connectivity index (χ0) is 16.1. The van der Waals surface area contributed by atoms with Gasteiger partial charge in [0, 0.05) is 18.8 Å². The third kappa shape index (κ3) is 3.67. The van der Waals surface area contributed by atoms with Crippen LogP contribution in [0.5, 0.6) is 0 Å². The number of nitrogens with one attached hydrogen (secondary N) is 1. The summed E-state index contributed by atoms with van der Waals surface area (Å²) in [4.78, 5) is 13.2. The van der Waals surface area contributed by atoms with Crippen molar-refractivity contribution in [1.82, 2.24) is 15.0 Å². The van der Waals surface area contributed by atoms with Crippen LogP contribution in [0.15, 0.2) is 29.2 Å². The molecule has 0 amide bonds. The lowest BCUT2D eigenvalue weighted by Gasteiger charge is -2.21. The molecule has 1 heterocycles. The van der Waals surface area contributed by atoms with Gasteiger partial charge in [0.2, 0.25) is 11.9 Å². The third-order valence-electron chi connectivity index (χ3n) is 2.84. The summed E-state index contributed by atoms with van der Waals surface area (Å²) < 4.78 is 35.7. The Kier molecular flexibility index (Phi) is 5.21. The van der Waals surface area contributed by atoms with E-state index in [-0.39, 0.29) is 16.8 Å². The van der Waals surface area contributed by atoms with Gasteiger partial charge in [-0.25, -0.2) is 8.42 Å². The van der Waals surface area contributed by atoms with Gasteiger partial charge in [-0.2, -0.15) is 19.3 Å². The summed E-state index contributed by atoms with van der Waals surface area (Å²) >= 11 is 0. The van der Waals surface area contributed by atoms with Gasteiger partial charge < -0.3 is 10.2 Å². The molecule has 0 unspecified atom stereocenters. The highest BCUT2D eigenvalue weighted by molar-refractivity contribution is 7.72. The quantitative estimate of drug-likeness (QED) is 0.779. The Morgan fingerprint density at radius 3 is 2.64 bits per heavy atom. The van der Waals surface area contributed by atoms with Gasteiger partial charge in [-0.3, -0.25) is 0 Å². The van der Waals surface area contributed by atoms with Crippen molar-refractivity contribution in [2.75, 3.05) is 23.3 Å². The molecule has 0 atom stereocenters. The summed E-state index contributed by atoms with van der Waals surface area (Å²) in [5, 5.41) is 2.82. The first-order valence-electron chi connectivity index (χ1n) is 6.72. The number of benzene rings is 1. The predicted octanol–water partition coefficient (Wildman–Crippen LogP) is 1.57. The first-order valence-corrected chi connectivity index (χ1v) is 7.90. The number of hydrogen-bond acceptors (Lipinski definition) is 7. The Labute approximate surface area is 129 Å². The maximum atomic E-state index is 13.5. The Bertz CT molecular complexity index is 730. The minimum atomic E-state index is -2.69. The van der Waals surface area contributed by atoms with Gasteiger partial charge in [0.1, 0.15) is 0 Å². The molecule has 1 aromatic heterocycles. The average molecular weight is 325 g/mol. The highest BCUT2D eigenvalue weighted by atomic mass is 32.2. The van der Waals surface area contributed by atoms with Crippen LogP contribution in [0.4, 0.5) is 22.0 Å². The molecule has 0 spiro atoms. The normalized spacial score (nSPS) is 10.7. The van der Waals surface area contributed by atoms with E-state index < -0.39 is 16.8 Å². The summed E-state index contributed by atoms with van der Waals surface area (Å²) in [5.74, 6) is 0.249. The molecule has 2 rings (SSSR count). The van der Waals surface area contributed by atoms with Crippen LogP contribution in [-0.2, 0) is 10.7 Å². The zero-order valence-corrected chi connectivity index (χ0v) is 13.0. The lowest BCUT2D eigenvalue weighted by Crippen LogP contribution is -2.21. The van der Waals surface area contributed by atoms with Crippen molar-refractivity contribution >= 4 is 28.3 Å². The van der Waals surface area contributed by atoms with Crippen molar-refractivity contribution in [3.05, 3.63) is 30.3 Å². The fourth-order valence-electron chi connectivity index (χ4n) is 1.91. The van der Waals surface area contributed by atoms with E-state index >= 15 is 0 Å².